The molecule has 2 aromatic heterocycles. The number of nitrogens with two attached hydrogens (primary N) is 1. The highest BCUT2D eigenvalue weighted by Gasteiger charge is 2.36. The van der Waals surface area contributed by atoms with Crippen LogP contribution in [0.2, 0.25) is 0 Å². The normalized spacial score (nSPS) is 26.6. The predicted molar refractivity (Wildman–Crippen MR) is 75.8 cm³/mol. The molecule has 0 atom stereocenters. The number of hydrogen-bond donors (Lipinski definition) is 1. The lowest BCUT2D eigenvalue weighted by atomic mass is 9.77. The summed E-state index contributed by atoms with van der Waals surface area (Å²) in [6.45, 7) is 4.20. The third-order valence-corrected chi connectivity index (χ3v) is 4.18. The molecule has 20 heavy (non-hydrogen) atoms. The summed E-state index contributed by atoms with van der Waals surface area (Å²) in [5.41, 5.74) is 7.85. The third-order valence-electron chi connectivity index (χ3n) is 4.18. The van der Waals surface area contributed by atoms with E-state index in [-0.39, 0.29) is 0 Å². The Kier molecular flexibility index (Phi) is 3.30. The lowest BCUT2D eigenvalue weighted by molar-refractivity contribution is 0.230. The molecular formula is C15H20N4O. The van der Waals surface area contributed by atoms with Gasteiger partial charge in [-0.25, -0.2) is 0 Å². The van der Waals surface area contributed by atoms with Gasteiger partial charge >= 0.3 is 0 Å². The Morgan fingerprint density at radius 3 is 2.80 bits per heavy atom. The van der Waals surface area contributed by atoms with Crippen molar-refractivity contribution in [2.75, 3.05) is 0 Å². The van der Waals surface area contributed by atoms with Crippen LogP contribution < -0.4 is 5.73 Å². The summed E-state index contributed by atoms with van der Waals surface area (Å²) in [5, 5.41) is 4.11. The largest absolute Gasteiger partial charge is 0.334 e. The minimum Gasteiger partial charge on any atom is -0.334 e. The monoisotopic (exact) mass is 272 g/mol. The summed E-state index contributed by atoms with van der Waals surface area (Å²) in [6, 6.07) is 3.81. The number of aryl methyl sites for hydroxylation is 1. The zero-order valence-electron chi connectivity index (χ0n) is 12.0. The summed E-state index contributed by atoms with van der Waals surface area (Å²) in [5.74, 6) is 1.89. The van der Waals surface area contributed by atoms with Gasteiger partial charge in [-0.05, 0) is 50.7 Å². The fraction of sp³-hybridized carbons (Fsp3) is 0.533. The highest BCUT2D eigenvalue weighted by molar-refractivity contribution is 5.52. The van der Waals surface area contributed by atoms with Crippen molar-refractivity contribution in [1.29, 1.82) is 0 Å². The Bertz CT molecular complexity index is 599. The van der Waals surface area contributed by atoms with Crippen LogP contribution in [-0.4, -0.2) is 15.1 Å². The number of aromatic nitrogens is 3. The lowest BCUT2D eigenvalue weighted by Crippen LogP contribution is -2.41. The van der Waals surface area contributed by atoms with E-state index in [2.05, 4.69) is 22.0 Å². The first-order chi connectivity index (χ1) is 9.57. The average molecular weight is 272 g/mol. The molecule has 1 saturated carbocycles. The zero-order valence-corrected chi connectivity index (χ0v) is 12.0. The number of rotatable bonds is 2. The second-order valence-corrected chi connectivity index (χ2v) is 5.95. The minimum absolute atomic E-state index is 0.434. The van der Waals surface area contributed by atoms with E-state index < -0.39 is 5.54 Å². The van der Waals surface area contributed by atoms with Crippen LogP contribution in [0.15, 0.2) is 22.9 Å². The molecular weight excluding hydrogens is 252 g/mol. The van der Waals surface area contributed by atoms with Crippen molar-refractivity contribution in [3.63, 3.8) is 0 Å². The zero-order chi connectivity index (χ0) is 14.2. The molecule has 0 unspecified atom stereocenters. The van der Waals surface area contributed by atoms with Gasteiger partial charge < -0.3 is 10.3 Å². The Morgan fingerprint density at radius 1 is 1.35 bits per heavy atom. The highest BCUT2D eigenvalue weighted by Crippen LogP contribution is 2.36. The van der Waals surface area contributed by atoms with Gasteiger partial charge in [-0.3, -0.25) is 4.98 Å². The van der Waals surface area contributed by atoms with Crippen LogP contribution in [0.25, 0.3) is 11.5 Å². The van der Waals surface area contributed by atoms with E-state index in [1.807, 2.05) is 19.1 Å². The van der Waals surface area contributed by atoms with Gasteiger partial charge in [0.25, 0.3) is 5.89 Å². The van der Waals surface area contributed by atoms with Gasteiger partial charge in [0.2, 0.25) is 0 Å². The summed E-state index contributed by atoms with van der Waals surface area (Å²) in [6.07, 6.45) is 5.82. The minimum atomic E-state index is -0.434. The average Bonchev–Trinajstić information content (AvgIpc) is 2.93. The summed E-state index contributed by atoms with van der Waals surface area (Å²) in [7, 11) is 0. The fourth-order valence-corrected chi connectivity index (χ4v) is 2.72. The molecule has 2 aromatic rings. The molecule has 0 saturated heterocycles. The van der Waals surface area contributed by atoms with Gasteiger partial charge in [-0.15, -0.1) is 0 Å². The molecule has 2 heterocycles. The van der Waals surface area contributed by atoms with Crippen molar-refractivity contribution in [2.24, 2.45) is 11.7 Å². The molecule has 106 valence electrons. The SMILES string of the molecule is Cc1cc(-c2nc(C3(N)CCC(C)CC3)no2)ccn1. The van der Waals surface area contributed by atoms with Crippen molar-refractivity contribution in [1.82, 2.24) is 15.1 Å². The quantitative estimate of drug-likeness (QED) is 0.909. The third kappa shape index (κ3) is 2.45. The van der Waals surface area contributed by atoms with Gasteiger partial charge in [0.05, 0.1) is 5.54 Å². The molecule has 1 fully saturated rings. The highest BCUT2D eigenvalue weighted by atomic mass is 16.5. The van der Waals surface area contributed by atoms with Gasteiger partial charge in [0, 0.05) is 17.5 Å². The summed E-state index contributed by atoms with van der Waals surface area (Å²) >= 11 is 0. The number of nitrogens with zero attached hydrogens (tertiary/aromatic N) is 3. The van der Waals surface area contributed by atoms with E-state index >= 15 is 0 Å². The van der Waals surface area contributed by atoms with Gasteiger partial charge in [-0.2, -0.15) is 4.98 Å². The predicted octanol–water partition coefficient (Wildman–Crippen LogP) is 2.80. The molecule has 3 rings (SSSR count). The van der Waals surface area contributed by atoms with Gasteiger partial charge in [0.15, 0.2) is 5.82 Å². The Balaban J connectivity index is 1.87. The molecule has 0 spiro atoms. The first-order valence-electron chi connectivity index (χ1n) is 7.13. The lowest BCUT2D eigenvalue weighted by Gasteiger charge is -2.33. The van der Waals surface area contributed by atoms with E-state index in [1.54, 1.807) is 6.20 Å². The van der Waals surface area contributed by atoms with Crippen molar-refractivity contribution in [3.05, 3.63) is 29.8 Å². The Morgan fingerprint density at radius 2 is 2.10 bits per heavy atom. The van der Waals surface area contributed by atoms with E-state index in [1.165, 1.54) is 0 Å². The van der Waals surface area contributed by atoms with Crippen LogP contribution in [0.4, 0.5) is 0 Å². The van der Waals surface area contributed by atoms with Crippen molar-refractivity contribution < 1.29 is 4.52 Å². The van der Waals surface area contributed by atoms with E-state index in [9.17, 15) is 0 Å². The van der Waals surface area contributed by atoms with Crippen LogP contribution in [0, 0.1) is 12.8 Å². The van der Waals surface area contributed by atoms with E-state index in [0.717, 1.165) is 42.9 Å². The van der Waals surface area contributed by atoms with Gasteiger partial charge in [-0.1, -0.05) is 12.1 Å². The topological polar surface area (TPSA) is 77.8 Å². The Hall–Kier alpha value is -1.75. The maximum atomic E-state index is 6.47. The number of hydrogen-bond acceptors (Lipinski definition) is 5. The molecule has 1 aliphatic carbocycles. The maximum Gasteiger partial charge on any atom is 0.258 e. The molecule has 1 aliphatic rings. The van der Waals surface area contributed by atoms with Crippen molar-refractivity contribution in [2.45, 2.75) is 45.1 Å². The van der Waals surface area contributed by atoms with Crippen LogP contribution in [0.3, 0.4) is 0 Å². The van der Waals surface area contributed by atoms with E-state index in [4.69, 9.17) is 10.3 Å². The summed E-state index contributed by atoms with van der Waals surface area (Å²) < 4.78 is 5.38. The van der Waals surface area contributed by atoms with Crippen LogP contribution in [0.1, 0.15) is 44.1 Å². The maximum absolute atomic E-state index is 6.47. The summed E-state index contributed by atoms with van der Waals surface area (Å²) in [4.78, 5) is 8.68. The molecule has 0 aromatic carbocycles. The molecule has 2 N–H and O–H groups in total. The van der Waals surface area contributed by atoms with Crippen molar-refractivity contribution in [3.8, 4) is 11.5 Å². The second-order valence-electron chi connectivity index (χ2n) is 5.95. The molecule has 0 amide bonds. The molecule has 0 bridgehead atoms. The first kappa shape index (κ1) is 13.2. The molecule has 0 radical (unpaired) electrons. The molecule has 0 aliphatic heterocycles. The second kappa shape index (κ2) is 4.98. The Labute approximate surface area is 118 Å². The first-order valence-corrected chi connectivity index (χ1v) is 7.13. The smallest absolute Gasteiger partial charge is 0.258 e. The fourth-order valence-electron chi connectivity index (χ4n) is 2.72. The van der Waals surface area contributed by atoms with Crippen molar-refractivity contribution >= 4 is 0 Å². The van der Waals surface area contributed by atoms with Crippen LogP contribution in [-0.2, 0) is 5.54 Å². The molecule has 5 heteroatoms. The molecule has 5 nitrogen and oxygen atoms in total. The number of pyridine rings is 1. The standard InChI is InChI=1S/C15H20N4O/c1-10-3-6-15(16,7-4-10)14-18-13(20-19-14)12-5-8-17-11(2)9-12/h5,8-10H,3-4,6-7,16H2,1-2H3. The van der Waals surface area contributed by atoms with E-state index in [0.29, 0.717) is 11.7 Å². The van der Waals surface area contributed by atoms with Gasteiger partial charge in [0.1, 0.15) is 0 Å². The van der Waals surface area contributed by atoms with Crippen LogP contribution >= 0.6 is 0 Å². The van der Waals surface area contributed by atoms with Crippen LogP contribution in [0.5, 0.6) is 0 Å².